The number of phenolic OH excluding ortho intramolecular Hbond substituents is 1. The Labute approximate surface area is 184 Å². The van der Waals surface area contributed by atoms with Gasteiger partial charge in [-0.15, -0.1) is 0 Å². The van der Waals surface area contributed by atoms with Crippen molar-refractivity contribution in [1.29, 1.82) is 0 Å². The van der Waals surface area contributed by atoms with Crippen LogP contribution < -0.4 is 5.32 Å². The van der Waals surface area contributed by atoms with Crippen LogP contribution in [0.5, 0.6) is 5.75 Å². The third-order valence-corrected chi connectivity index (χ3v) is 6.57. The Bertz CT molecular complexity index is 1030. The van der Waals surface area contributed by atoms with Gasteiger partial charge in [0.1, 0.15) is 5.75 Å². The van der Waals surface area contributed by atoms with Crippen LogP contribution in [0.4, 0.5) is 5.69 Å². The van der Waals surface area contributed by atoms with E-state index in [2.05, 4.69) is 62.5 Å². The molecular weight excluding hydrogens is 390 g/mol. The van der Waals surface area contributed by atoms with Crippen molar-refractivity contribution in [2.75, 3.05) is 5.32 Å². The summed E-state index contributed by atoms with van der Waals surface area (Å²) in [5, 5.41) is 14.6. The number of benzene rings is 3. The Hall–Kier alpha value is -2.45. The highest BCUT2D eigenvalue weighted by Crippen LogP contribution is 2.44. The van der Waals surface area contributed by atoms with E-state index in [1.807, 2.05) is 24.3 Å². The molecule has 3 aromatic rings. The maximum atomic E-state index is 10.0. The van der Waals surface area contributed by atoms with E-state index in [-0.39, 0.29) is 11.5 Å². The van der Waals surface area contributed by atoms with E-state index in [1.54, 1.807) is 6.07 Å². The summed E-state index contributed by atoms with van der Waals surface area (Å²) < 4.78 is 0. The molecule has 0 radical (unpaired) electrons. The van der Waals surface area contributed by atoms with Crippen LogP contribution in [0.1, 0.15) is 48.9 Å². The highest BCUT2D eigenvalue weighted by Gasteiger charge is 2.42. The largest absolute Gasteiger partial charge is 0.508 e. The molecule has 2 unspecified atom stereocenters. The molecule has 2 nitrogen and oxygen atoms in total. The van der Waals surface area contributed by atoms with E-state index in [4.69, 9.17) is 11.6 Å². The molecule has 0 spiro atoms. The average Bonchev–Trinajstić information content (AvgIpc) is 3.06. The summed E-state index contributed by atoms with van der Waals surface area (Å²) in [6.45, 7) is 6.82. The van der Waals surface area contributed by atoms with Gasteiger partial charge in [0.25, 0.3) is 0 Å². The zero-order valence-corrected chi connectivity index (χ0v) is 18.7. The van der Waals surface area contributed by atoms with E-state index in [0.717, 1.165) is 30.0 Å². The zero-order chi connectivity index (χ0) is 21.3. The van der Waals surface area contributed by atoms with Gasteiger partial charge >= 0.3 is 0 Å². The number of hydrogen-bond acceptors (Lipinski definition) is 2. The van der Waals surface area contributed by atoms with Crippen molar-refractivity contribution in [3.05, 3.63) is 94.0 Å². The number of phenols is 1. The smallest absolute Gasteiger partial charge is 0.116 e. The molecule has 1 heterocycles. The molecular formula is C27H30ClNO. The fourth-order valence-electron chi connectivity index (χ4n) is 4.77. The lowest BCUT2D eigenvalue weighted by atomic mass is 9.74. The number of hydrogen-bond donors (Lipinski definition) is 2. The van der Waals surface area contributed by atoms with Crippen LogP contribution in [0.2, 0.25) is 5.02 Å². The summed E-state index contributed by atoms with van der Waals surface area (Å²) in [6.07, 6.45) is 2.82. The second-order valence-electron chi connectivity index (χ2n) is 9.17. The van der Waals surface area contributed by atoms with E-state index >= 15 is 0 Å². The quantitative estimate of drug-likeness (QED) is 0.421. The summed E-state index contributed by atoms with van der Waals surface area (Å²) in [4.78, 5) is 0. The third kappa shape index (κ3) is 4.34. The van der Waals surface area contributed by atoms with E-state index in [0.29, 0.717) is 11.7 Å². The van der Waals surface area contributed by atoms with Gasteiger partial charge in [0.15, 0.2) is 0 Å². The number of fused-ring (bicyclic) bond motifs is 1. The van der Waals surface area contributed by atoms with Crippen molar-refractivity contribution in [3.8, 4) is 5.75 Å². The Morgan fingerprint density at radius 2 is 1.73 bits per heavy atom. The minimum Gasteiger partial charge on any atom is -0.508 e. The first kappa shape index (κ1) is 20.8. The van der Waals surface area contributed by atoms with Crippen molar-refractivity contribution >= 4 is 17.3 Å². The molecule has 3 heteroatoms. The molecule has 0 aliphatic carbocycles. The van der Waals surface area contributed by atoms with Crippen LogP contribution >= 0.6 is 11.6 Å². The summed E-state index contributed by atoms with van der Waals surface area (Å²) >= 11 is 6.29. The molecule has 0 bridgehead atoms. The molecule has 2 N–H and O–H groups in total. The van der Waals surface area contributed by atoms with Gasteiger partial charge in [-0.2, -0.15) is 0 Å². The second-order valence-corrected chi connectivity index (χ2v) is 9.60. The fourth-order valence-corrected chi connectivity index (χ4v) is 4.98. The summed E-state index contributed by atoms with van der Waals surface area (Å²) in [5.41, 5.74) is 6.03. The van der Waals surface area contributed by atoms with Crippen molar-refractivity contribution in [3.63, 3.8) is 0 Å². The maximum absolute atomic E-state index is 10.0. The molecule has 4 rings (SSSR count). The van der Waals surface area contributed by atoms with Crippen LogP contribution in [-0.4, -0.2) is 10.6 Å². The average molecular weight is 420 g/mol. The van der Waals surface area contributed by atoms with Gasteiger partial charge in [-0.3, -0.25) is 0 Å². The Kier molecular flexibility index (Phi) is 5.79. The SMILES string of the molecule is CC(C)Cc1ccc(C(C)C2(Cc3cccc(Cl)c3)Cc3cc(O)ccc3N2)cc1. The van der Waals surface area contributed by atoms with Gasteiger partial charge in [-0.1, -0.05) is 68.8 Å². The number of rotatable bonds is 6. The number of aromatic hydroxyl groups is 1. The Morgan fingerprint density at radius 3 is 2.43 bits per heavy atom. The molecule has 0 aromatic heterocycles. The van der Waals surface area contributed by atoms with Gasteiger partial charge in [0.2, 0.25) is 0 Å². The minimum atomic E-state index is -0.180. The van der Waals surface area contributed by atoms with Gasteiger partial charge < -0.3 is 10.4 Å². The molecule has 3 aromatic carbocycles. The number of anilines is 1. The predicted molar refractivity (Wildman–Crippen MR) is 127 cm³/mol. The molecule has 30 heavy (non-hydrogen) atoms. The van der Waals surface area contributed by atoms with Gasteiger partial charge in [-0.25, -0.2) is 0 Å². The van der Waals surface area contributed by atoms with E-state index in [1.165, 1.54) is 22.3 Å². The van der Waals surface area contributed by atoms with Crippen molar-refractivity contribution in [2.45, 2.75) is 51.5 Å². The van der Waals surface area contributed by atoms with Crippen LogP contribution in [0, 0.1) is 5.92 Å². The van der Waals surface area contributed by atoms with Crippen LogP contribution in [0.15, 0.2) is 66.7 Å². The minimum absolute atomic E-state index is 0.180. The maximum Gasteiger partial charge on any atom is 0.116 e. The van der Waals surface area contributed by atoms with Crippen molar-refractivity contribution in [2.24, 2.45) is 5.92 Å². The van der Waals surface area contributed by atoms with Crippen molar-refractivity contribution < 1.29 is 5.11 Å². The highest BCUT2D eigenvalue weighted by atomic mass is 35.5. The molecule has 2 atom stereocenters. The second kappa shape index (κ2) is 8.35. The van der Waals surface area contributed by atoms with Gasteiger partial charge in [0.05, 0.1) is 5.54 Å². The molecule has 1 aliphatic rings. The van der Waals surface area contributed by atoms with E-state index in [9.17, 15) is 5.11 Å². The van der Waals surface area contributed by atoms with Crippen molar-refractivity contribution in [1.82, 2.24) is 0 Å². The first-order valence-electron chi connectivity index (χ1n) is 10.8. The number of nitrogens with one attached hydrogen (secondary N) is 1. The lowest BCUT2D eigenvalue weighted by Gasteiger charge is -2.37. The first-order chi connectivity index (χ1) is 14.3. The highest BCUT2D eigenvalue weighted by molar-refractivity contribution is 6.30. The van der Waals surface area contributed by atoms with Gasteiger partial charge in [0, 0.05) is 16.6 Å². The van der Waals surface area contributed by atoms with Gasteiger partial charge in [-0.05, 0) is 77.8 Å². The molecule has 0 amide bonds. The standard InChI is InChI=1S/C27H30ClNO/c1-18(2)13-20-7-9-22(10-8-20)19(3)27(16-21-5-4-6-24(28)14-21)17-23-15-25(30)11-12-26(23)29-27/h4-12,14-15,18-19,29-30H,13,16-17H2,1-3H3. The normalized spacial score (nSPS) is 18.8. The molecule has 0 saturated carbocycles. The molecule has 1 aliphatic heterocycles. The van der Waals surface area contributed by atoms with Crippen LogP contribution in [-0.2, 0) is 19.3 Å². The molecule has 0 saturated heterocycles. The fraction of sp³-hybridized carbons (Fsp3) is 0.333. The zero-order valence-electron chi connectivity index (χ0n) is 18.0. The third-order valence-electron chi connectivity index (χ3n) is 6.34. The topological polar surface area (TPSA) is 32.3 Å². The lowest BCUT2D eigenvalue weighted by molar-refractivity contribution is 0.405. The first-order valence-corrected chi connectivity index (χ1v) is 11.2. The summed E-state index contributed by atoms with van der Waals surface area (Å²) in [5.74, 6) is 1.25. The molecule has 156 valence electrons. The van der Waals surface area contributed by atoms with E-state index < -0.39 is 0 Å². The monoisotopic (exact) mass is 419 g/mol. The molecule has 0 fully saturated rings. The number of halogens is 1. The Morgan fingerprint density at radius 1 is 0.967 bits per heavy atom. The summed E-state index contributed by atoms with van der Waals surface area (Å²) in [6, 6.07) is 22.9. The lowest BCUT2D eigenvalue weighted by Crippen LogP contribution is -2.44. The van der Waals surface area contributed by atoms with Crippen LogP contribution in [0.3, 0.4) is 0 Å². The summed E-state index contributed by atoms with van der Waals surface area (Å²) in [7, 11) is 0. The predicted octanol–water partition coefficient (Wildman–Crippen LogP) is 7.00. The Balaban J connectivity index is 1.68. The van der Waals surface area contributed by atoms with Crippen LogP contribution in [0.25, 0.3) is 0 Å².